The number of aromatic amines is 1. The van der Waals surface area contributed by atoms with E-state index in [4.69, 9.17) is 0 Å². The SMILES string of the molecule is O=C(Nc1cccc(-c2cc3ncccc3[nH]2)c1)c1ccccc1. The van der Waals surface area contributed by atoms with Crippen molar-refractivity contribution in [1.29, 1.82) is 0 Å². The van der Waals surface area contributed by atoms with Crippen molar-refractivity contribution in [3.63, 3.8) is 0 Å². The van der Waals surface area contributed by atoms with Crippen molar-refractivity contribution < 1.29 is 4.79 Å². The molecule has 2 N–H and O–H groups in total. The number of nitrogens with zero attached hydrogens (tertiary/aromatic N) is 1. The first kappa shape index (κ1) is 14.2. The fourth-order valence-electron chi connectivity index (χ4n) is 2.67. The lowest BCUT2D eigenvalue weighted by Crippen LogP contribution is -2.11. The molecule has 1 amide bonds. The van der Waals surface area contributed by atoms with Gasteiger partial charge in [0.15, 0.2) is 0 Å². The Balaban J connectivity index is 1.63. The molecule has 0 atom stereocenters. The molecular formula is C20H15N3O. The lowest BCUT2D eigenvalue weighted by atomic mass is 10.1. The van der Waals surface area contributed by atoms with Crippen molar-refractivity contribution in [2.24, 2.45) is 0 Å². The number of hydrogen-bond acceptors (Lipinski definition) is 2. The zero-order chi connectivity index (χ0) is 16.4. The van der Waals surface area contributed by atoms with E-state index in [1.807, 2.05) is 60.7 Å². The van der Waals surface area contributed by atoms with Crippen molar-refractivity contribution in [1.82, 2.24) is 9.97 Å². The Morgan fingerprint density at radius 2 is 1.79 bits per heavy atom. The molecule has 4 heteroatoms. The molecular weight excluding hydrogens is 298 g/mol. The summed E-state index contributed by atoms with van der Waals surface area (Å²) < 4.78 is 0. The summed E-state index contributed by atoms with van der Waals surface area (Å²) in [5.41, 5.74) is 5.28. The fourth-order valence-corrected chi connectivity index (χ4v) is 2.67. The van der Waals surface area contributed by atoms with Crippen LogP contribution in [0.15, 0.2) is 79.0 Å². The molecule has 4 nitrogen and oxygen atoms in total. The number of benzene rings is 2. The van der Waals surface area contributed by atoms with Gasteiger partial charge in [-0.05, 0) is 42.5 Å². The van der Waals surface area contributed by atoms with Crippen LogP contribution >= 0.6 is 0 Å². The van der Waals surface area contributed by atoms with Gasteiger partial charge in [0, 0.05) is 28.7 Å². The van der Waals surface area contributed by atoms with Gasteiger partial charge in [-0.15, -0.1) is 0 Å². The van der Waals surface area contributed by atoms with Gasteiger partial charge in [-0.3, -0.25) is 9.78 Å². The highest BCUT2D eigenvalue weighted by atomic mass is 16.1. The topological polar surface area (TPSA) is 57.8 Å². The number of H-pyrrole nitrogens is 1. The lowest BCUT2D eigenvalue weighted by molar-refractivity contribution is 0.102. The standard InChI is InChI=1S/C20H15N3O/c24-20(14-6-2-1-3-7-14)22-16-9-4-8-15(12-16)18-13-19-17(23-18)10-5-11-21-19/h1-13,23H,(H,22,24). The number of hydrogen-bond donors (Lipinski definition) is 2. The molecule has 2 heterocycles. The van der Waals surface area contributed by atoms with Crippen molar-refractivity contribution in [2.75, 3.05) is 5.32 Å². The Morgan fingerprint density at radius 1 is 0.917 bits per heavy atom. The summed E-state index contributed by atoms with van der Waals surface area (Å²) in [7, 11) is 0. The molecule has 0 saturated carbocycles. The van der Waals surface area contributed by atoms with Crippen molar-refractivity contribution in [2.45, 2.75) is 0 Å². The first-order valence-electron chi connectivity index (χ1n) is 7.70. The Kier molecular flexibility index (Phi) is 3.56. The monoisotopic (exact) mass is 313 g/mol. The zero-order valence-corrected chi connectivity index (χ0v) is 12.9. The predicted octanol–water partition coefficient (Wildman–Crippen LogP) is 4.48. The van der Waals surface area contributed by atoms with Gasteiger partial charge in [-0.25, -0.2) is 0 Å². The highest BCUT2D eigenvalue weighted by molar-refractivity contribution is 6.04. The minimum absolute atomic E-state index is 0.119. The largest absolute Gasteiger partial charge is 0.353 e. The molecule has 0 radical (unpaired) electrons. The molecule has 0 aliphatic carbocycles. The maximum atomic E-state index is 12.3. The maximum absolute atomic E-state index is 12.3. The van der Waals surface area contributed by atoms with Gasteiger partial charge in [-0.1, -0.05) is 30.3 Å². The van der Waals surface area contributed by atoms with E-state index in [-0.39, 0.29) is 5.91 Å². The number of aromatic nitrogens is 2. The second-order valence-electron chi connectivity index (χ2n) is 5.52. The summed E-state index contributed by atoms with van der Waals surface area (Å²) in [5.74, 6) is -0.119. The van der Waals surface area contributed by atoms with E-state index in [0.29, 0.717) is 5.56 Å². The highest BCUT2D eigenvalue weighted by Crippen LogP contribution is 2.25. The quantitative estimate of drug-likeness (QED) is 0.586. The third-order valence-electron chi connectivity index (χ3n) is 3.86. The van der Waals surface area contributed by atoms with Crippen LogP contribution in [-0.2, 0) is 0 Å². The van der Waals surface area contributed by atoms with Crippen LogP contribution in [0.1, 0.15) is 10.4 Å². The minimum Gasteiger partial charge on any atom is -0.353 e. The fraction of sp³-hybridized carbons (Fsp3) is 0. The van der Waals surface area contributed by atoms with E-state index >= 15 is 0 Å². The van der Waals surface area contributed by atoms with Crippen LogP contribution in [-0.4, -0.2) is 15.9 Å². The summed E-state index contributed by atoms with van der Waals surface area (Å²) in [6.45, 7) is 0. The van der Waals surface area contributed by atoms with Crippen LogP contribution in [0.2, 0.25) is 0 Å². The Hall–Kier alpha value is -3.40. The van der Waals surface area contributed by atoms with Crippen LogP contribution in [0.5, 0.6) is 0 Å². The Bertz CT molecular complexity index is 973. The molecule has 116 valence electrons. The molecule has 0 unspecified atom stereocenters. The number of carbonyl (C=O) groups excluding carboxylic acids is 1. The number of nitrogens with one attached hydrogen (secondary N) is 2. The van der Waals surface area contributed by atoms with Gasteiger partial charge < -0.3 is 10.3 Å². The molecule has 4 rings (SSSR count). The smallest absolute Gasteiger partial charge is 0.255 e. The number of rotatable bonds is 3. The third-order valence-corrected chi connectivity index (χ3v) is 3.86. The van der Waals surface area contributed by atoms with Crippen molar-refractivity contribution in [3.8, 4) is 11.3 Å². The number of pyridine rings is 1. The Morgan fingerprint density at radius 3 is 2.62 bits per heavy atom. The molecule has 0 aliphatic rings. The van der Waals surface area contributed by atoms with Crippen LogP contribution in [0, 0.1) is 0 Å². The zero-order valence-electron chi connectivity index (χ0n) is 12.9. The van der Waals surface area contributed by atoms with E-state index in [1.54, 1.807) is 18.3 Å². The summed E-state index contributed by atoms with van der Waals surface area (Å²) >= 11 is 0. The molecule has 2 aromatic heterocycles. The summed E-state index contributed by atoms with van der Waals surface area (Å²) in [4.78, 5) is 20.0. The van der Waals surface area contributed by atoms with Gasteiger partial charge in [0.25, 0.3) is 5.91 Å². The number of fused-ring (bicyclic) bond motifs is 1. The number of anilines is 1. The van der Waals surface area contributed by atoms with Crippen LogP contribution < -0.4 is 5.32 Å². The summed E-state index contributed by atoms with van der Waals surface area (Å²) in [5, 5.41) is 2.93. The van der Waals surface area contributed by atoms with Gasteiger partial charge in [0.05, 0.1) is 11.0 Å². The van der Waals surface area contributed by atoms with Crippen LogP contribution in [0.25, 0.3) is 22.3 Å². The molecule has 0 fully saturated rings. The van der Waals surface area contributed by atoms with Gasteiger partial charge in [0.2, 0.25) is 0 Å². The Labute approximate surface area is 139 Å². The summed E-state index contributed by atoms with van der Waals surface area (Å²) in [6, 6.07) is 22.8. The normalized spacial score (nSPS) is 10.7. The molecule has 4 aromatic rings. The average molecular weight is 313 g/mol. The maximum Gasteiger partial charge on any atom is 0.255 e. The number of amides is 1. The molecule has 2 aromatic carbocycles. The van der Waals surface area contributed by atoms with Crippen LogP contribution in [0.3, 0.4) is 0 Å². The van der Waals surface area contributed by atoms with Crippen molar-refractivity contribution >= 4 is 22.6 Å². The third kappa shape index (κ3) is 2.77. The van der Waals surface area contributed by atoms with E-state index in [1.165, 1.54) is 0 Å². The van der Waals surface area contributed by atoms with E-state index < -0.39 is 0 Å². The first-order chi connectivity index (χ1) is 11.8. The van der Waals surface area contributed by atoms with Crippen LogP contribution in [0.4, 0.5) is 5.69 Å². The second-order valence-corrected chi connectivity index (χ2v) is 5.52. The average Bonchev–Trinajstić information content (AvgIpc) is 3.07. The molecule has 0 bridgehead atoms. The first-order valence-corrected chi connectivity index (χ1v) is 7.70. The van der Waals surface area contributed by atoms with Crippen molar-refractivity contribution in [3.05, 3.63) is 84.6 Å². The lowest BCUT2D eigenvalue weighted by Gasteiger charge is -2.07. The molecule has 0 aliphatic heterocycles. The van der Waals surface area contributed by atoms with Gasteiger partial charge >= 0.3 is 0 Å². The molecule has 24 heavy (non-hydrogen) atoms. The highest BCUT2D eigenvalue weighted by Gasteiger charge is 2.08. The number of carbonyl (C=O) groups is 1. The van der Waals surface area contributed by atoms with Gasteiger partial charge in [0.1, 0.15) is 0 Å². The molecule has 0 saturated heterocycles. The van der Waals surface area contributed by atoms with Gasteiger partial charge in [-0.2, -0.15) is 0 Å². The minimum atomic E-state index is -0.119. The van der Waals surface area contributed by atoms with E-state index in [2.05, 4.69) is 15.3 Å². The predicted molar refractivity (Wildman–Crippen MR) is 95.9 cm³/mol. The van der Waals surface area contributed by atoms with E-state index in [9.17, 15) is 4.79 Å². The van der Waals surface area contributed by atoms with E-state index in [0.717, 1.165) is 28.0 Å². The second kappa shape index (κ2) is 6.01. The molecule has 0 spiro atoms. The summed E-state index contributed by atoms with van der Waals surface area (Å²) in [6.07, 6.45) is 1.77.